The van der Waals surface area contributed by atoms with Gasteiger partial charge in [-0.1, -0.05) is 11.6 Å². The number of anilines is 1. The molecule has 0 aliphatic carbocycles. The number of nitrogen functional groups attached to an aromatic ring is 1. The zero-order valence-electron chi connectivity index (χ0n) is 5.49. The third-order valence-corrected chi connectivity index (χ3v) is 2.41. The molecule has 0 aliphatic rings. The maximum absolute atomic E-state index is 5.76. The van der Waals surface area contributed by atoms with E-state index in [0.717, 1.165) is 19.8 Å². The van der Waals surface area contributed by atoms with Gasteiger partial charge in [-0.25, -0.2) is 0 Å². The highest BCUT2D eigenvalue weighted by Crippen LogP contribution is 2.23. The second-order valence-electron chi connectivity index (χ2n) is 2.12. The van der Waals surface area contributed by atoms with E-state index in [1.54, 1.807) is 0 Å². The first-order chi connectivity index (χ1) is 4.61. The second-order valence-corrected chi connectivity index (χ2v) is 3.72. The van der Waals surface area contributed by atoms with Crippen LogP contribution in [0.5, 0.6) is 0 Å². The molecule has 10 heavy (non-hydrogen) atoms. The Labute approximate surface area is 78.7 Å². The van der Waals surface area contributed by atoms with Crippen molar-refractivity contribution >= 4 is 39.9 Å². The molecular formula is C7H7ClIN. The maximum atomic E-state index is 5.76. The third kappa shape index (κ3) is 1.55. The summed E-state index contributed by atoms with van der Waals surface area (Å²) in [5, 5.41) is 0.746. The van der Waals surface area contributed by atoms with Crippen LogP contribution in [0, 0.1) is 10.5 Å². The standard InChI is InChI=1S/C7H7ClIN/c1-4-2-5(8)3-6(9)7(4)10/h2-3H,10H2,1H3. The van der Waals surface area contributed by atoms with Crippen molar-refractivity contribution in [3.63, 3.8) is 0 Å². The van der Waals surface area contributed by atoms with E-state index in [4.69, 9.17) is 17.3 Å². The van der Waals surface area contributed by atoms with Crippen molar-refractivity contribution < 1.29 is 0 Å². The van der Waals surface area contributed by atoms with Crippen LogP contribution < -0.4 is 5.73 Å². The van der Waals surface area contributed by atoms with Crippen LogP contribution in [0.4, 0.5) is 5.69 Å². The molecular weight excluding hydrogens is 260 g/mol. The lowest BCUT2D eigenvalue weighted by Gasteiger charge is -2.02. The number of aryl methyl sites for hydroxylation is 1. The van der Waals surface area contributed by atoms with Gasteiger partial charge >= 0.3 is 0 Å². The van der Waals surface area contributed by atoms with Gasteiger partial charge in [0.1, 0.15) is 0 Å². The average molecular weight is 267 g/mol. The minimum Gasteiger partial charge on any atom is -0.398 e. The van der Waals surface area contributed by atoms with Crippen molar-refractivity contribution in [2.24, 2.45) is 0 Å². The maximum Gasteiger partial charge on any atom is 0.0480 e. The van der Waals surface area contributed by atoms with Crippen LogP contribution in [0.25, 0.3) is 0 Å². The Morgan fingerprint density at radius 3 is 2.60 bits per heavy atom. The van der Waals surface area contributed by atoms with E-state index in [2.05, 4.69) is 22.6 Å². The van der Waals surface area contributed by atoms with Crippen molar-refractivity contribution in [2.75, 3.05) is 5.73 Å². The molecule has 1 rings (SSSR count). The highest BCUT2D eigenvalue weighted by molar-refractivity contribution is 14.1. The summed E-state index contributed by atoms with van der Waals surface area (Å²) < 4.78 is 1.02. The lowest BCUT2D eigenvalue weighted by molar-refractivity contribution is 1.45. The molecule has 0 aliphatic heterocycles. The Morgan fingerprint density at radius 1 is 1.50 bits per heavy atom. The first-order valence-electron chi connectivity index (χ1n) is 2.82. The van der Waals surface area contributed by atoms with Crippen molar-refractivity contribution in [3.05, 3.63) is 26.3 Å². The monoisotopic (exact) mass is 267 g/mol. The zero-order chi connectivity index (χ0) is 7.72. The Morgan fingerprint density at radius 2 is 2.10 bits per heavy atom. The molecule has 54 valence electrons. The van der Waals surface area contributed by atoms with Gasteiger partial charge in [-0.2, -0.15) is 0 Å². The van der Waals surface area contributed by atoms with E-state index in [1.165, 1.54) is 0 Å². The number of hydrogen-bond acceptors (Lipinski definition) is 1. The lowest BCUT2D eigenvalue weighted by Crippen LogP contribution is -1.92. The predicted octanol–water partition coefficient (Wildman–Crippen LogP) is 2.84. The fourth-order valence-electron chi connectivity index (χ4n) is 0.713. The van der Waals surface area contributed by atoms with E-state index >= 15 is 0 Å². The molecule has 0 saturated carbocycles. The van der Waals surface area contributed by atoms with Crippen molar-refractivity contribution in [2.45, 2.75) is 6.92 Å². The van der Waals surface area contributed by atoms with Crippen LogP contribution >= 0.6 is 34.2 Å². The molecule has 1 aromatic rings. The summed E-state index contributed by atoms with van der Waals surface area (Å²) in [7, 11) is 0. The fourth-order valence-corrected chi connectivity index (χ4v) is 1.93. The number of rotatable bonds is 0. The summed E-state index contributed by atoms with van der Waals surface area (Å²) in [6, 6.07) is 3.71. The Balaban J connectivity index is 3.31. The van der Waals surface area contributed by atoms with E-state index in [9.17, 15) is 0 Å². The number of benzene rings is 1. The molecule has 0 heterocycles. The molecule has 0 atom stereocenters. The summed E-state index contributed by atoms with van der Waals surface area (Å²) in [6.45, 7) is 1.95. The van der Waals surface area contributed by atoms with Gasteiger partial charge in [-0.05, 0) is 47.2 Å². The lowest BCUT2D eigenvalue weighted by atomic mass is 10.2. The Hall–Kier alpha value is 0.0400. The predicted molar refractivity (Wildman–Crippen MR) is 53.3 cm³/mol. The van der Waals surface area contributed by atoms with Crippen LogP contribution in [0.1, 0.15) is 5.56 Å². The van der Waals surface area contributed by atoms with E-state index in [-0.39, 0.29) is 0 Å². The minimum atomic E-state index is 0.746. The van der Waals surface area contributed by atoms with Gasteiger partial charge in [0.2, 0.25) is 0 Å². The summed E-state index contributed by atoms with van der Waals surface area (Å²) in [5.41, 5.74) is 7.55. The highest BCUT2D eigenvalue weighted by Gasteiger charge is 1.99. The first-order valence-corrected chi connectivity index (χ1v) is 4.28. The minimum absolute atomic E-state index is 0.746. The molecule has 0 unspecified atom stereocenters. The van der Waals surface area contributed by atoms with E-state index < -0.39 is 0 Å². The molecule has 0 amide bonds. The Kier molecular flexibility index (Phi) is 2.41. The molecule has 0 bridgehead atoms. The molecule has 1 aromatic carbocycles. The van der Waals surface area contributed by atoms with Crippen molar-refractivity contribution in [1.82, 2.24) is 0 Å². The average Bonchev–Trinajstić information content (AvgIpc) is 1.82. The summed E-state index contributed by atoms with van der Waals surface area (Å²) in [4.78, 5) is 0. The molecule has 0 saturated heterocycles. The SMILES string of the molecule is Cc1cc(Cl)cc(I)c1N. The van der Waals surface area contributed by atoms with Crippen LogP contribution in [-0.4, -0.2) is 0 Å². The van der Waals surface area contributed by atoms with Gasteiger partial charge in [0.25, 0.3) is 0 Å². The molecule has 1 nitrogen and oxygen atoms in total. The van der Waals surface area contributed by atoms with Crippen molar-refractivity contribution in [3.8, 4) is 0 Å². The normalized spacial score (nSPS) is 9.90. The summed E-state index contributed by atoms with van der Waals surface area (Å²) in [6.07, 6.45) is 0. The van der Waals surface area contributed by atoms with Gasteiger partial charge in [-0.3, -0.25) is 0 Å². The van der Waals surface area contributed by atoms with Crippen LogP contribution in [0.15, 0.2) is 12.1 Å². The molecule has 2 N–H and O–H groups in total. The van der Waals surface area contributed by atoms with E-state index in [0.29, 0.717) is 0 Å². The van der Waals surface area contributed by atoms with Gasteiger partial charge in [0.15, 0.2) is 0 Å². The van der Waals surface area contributed by atoms with E-state index in [1.807, 2.05) is 19.1 Å². The number of hydrogen-bond donors (Lipinski definition) is 1. The van der Waals surface area contributed by atoms with Gasteiger partial charge in [0.05, 0.1) is 0 Å². The smallest absolute Gasteiger partial charge is 0.0480 e. The van der Waals surface area contributed by atoms with Crippen molar-refractivity contribution in [1.29, 1.82) is 0 Å². The molecule has 0 fully saturated rings. The largest absolute Gasteiger partial charge is 0.398 e. The molecule has 0 aromatic heterocycles. The quantitative estimate of drug-likeness (QED) is 0.568. The van der Waals surface area contributed by atoms with Gasteiger partial charge in [-0.15, -0.1) is 0 Å². The Bertz CT molecular complexity index is 237. The highest BCUT2D eigenvalue weighted by atomic mass is 127. The van der Waals surface area contributed by atoms with Crippen LogP contribution in [-0.2, 0) is 0 Å². The topological polar surface area (TPSA) is 26.0 Å². The number of nitrogens with two attached hydrogens (primary N) is 1. The zero-order valence-corrected chi connectivity index (χ0v) is 8.40. The second kappa shape index (κ2) is 2.96. The fraction of sp³-hybridized carbons (Fsp3) is 0.143. The first kappa shape index (κ1) is 8.14. The number of halogens is 2. The molecule has 3 heteroatoms. The molecule has 0 spiro atoms. The third-order valence-electron chi connectivity index (χ3n) is 1.30. The summed E-state index contributed by atoms with van der Waals surface area (Å²) in [5.74, 6) is 0. The van der Waals surface area contributed by atoms with Gasteiger partial charge < -0.3 is 5.73 Å². The van der Waals surface area contributed by atoms with Crippen LogP contribution in [0.2, 0.25) is 5.02 Å². The van der Waals surface area contributed by atoms with Gasteiger partial charge in [0, 0.05) is 14.3 Å². The molecule has 0 radical (unpaired) electrons. The summed E-state index contributed by atoms with van der Waals surface area (Å²) >= 11 is 7.93. The van der Waals surface area contributed by atoms with Crippen LogP contribution in [0.3, 0.4) is 0 Å².